The first-order chi connectivity index (χ1) is 25.7. The average molecular weight is 788 g/mol. The molecule has 2 N–H and O–H groups in total. The maximum Gasteiger partial charge on any atom is 0.236 e. The van der Waals surface area contributed by atoms with Crippen molar-refractivity contribution in [3.05, 3.63) is 93.0 Å². The number of morpholine rings is 1. The number of aryl methyl sites for hydroxylation is 1. The smallest absolute Gasteiger partial charge is 0.236 e. The maximum absolute atomic E-state index is 12.0. The van der Waals surface area contributed by atoms with Gasteiger partial charge in [-0.1, -0.05) is 92.9 Å². The molecule has 2 saturated heterocycles. The zero-order chi connectivity index (χ0) is 38.9. The summed E-state index contributed by atoms with van der Waals surface area (Å²) in [4.78, 5) is 36.4. The highest BCUT2D eigenvalue weighted by molar-refractivity contribution is 7.97. The first-order valence-corrected chi connectivity index (χ1v) is 20.1. The van der Waals surface area contributed by atoms with Gasteiger partial charge in [-0.3, -0.25) is 24.6 Å². The summed E-state index contributed by atoms with van der Waals surface area (Å²) in [5, 5.41) is 7.14. The van der Waals surface area contributed by atoms with Crippen LogP contribution in [0.15, 0.2) is 70.6 Å². The van der Waals surface area contributed by atoms with Crippen molar-refractivity contribution in [2.24, 2.45) is 10.1 Å². The van der Waals surface area contributed by atoms with E-state index in [1.165, 1.54) is 5.56 Å². The van der Waals surface area contributed by atoms with Gasteiger partial charge in [0, 0.05) is 62.3 Å². The van der Waals surface area contributed by atoms with Crippen molar-refractivity contribution in [2.45, 2.75) is 58.5 Å². The third kappa shape index (κ3) is 12.1. The van der Waals surface area contributed by atoms with Crippen LogP contribution in [0, 0.1) is 6.92 Å². The van der Waals surface area contributed by atoms with Crippen molar-refractivity contribution in [3.8, 4) is 5.75 Å². The molecular formula is C40H56Cl2N6O4S. The second-order valence-electron chi connectivity index (χ2n) is 12.2. The Hall–Kier alpha value is -3.32. The molecule has 0 saturated carbocycles. The van der Waals surface area contributed by atoms with Gasteiger partial charge in [-0.25, -0.2) is 0 Å². The third-order valence-corrected chi connectivity index (χ3v) is 10.2. The summed E-state index contributed by atoms with van der Waals surface area (Å²) in [7, 11) is 2.06. The highest BCUT2D eigenvalue weighted by Gasteiger charge is 2.38. The van der Waals surface area contributed by atoms with E-state index in [9.17, 15) is 9.59 Å². The Morgan fingerprint density at radius 3 is 2.11 bits per heavy atom. The molecule has 3 aliphatic heterocycles. The average Bonchev–Trinajstić information content (AvgIpc) is 3.54. The van der Waals surface area contributed by atoms with Gasteiger partial charge in [0.2, 0.25) is 12.3 Å². The van der Waals surface area contributed by atoms with E-state index in [2.05, 4.69) is 60.2 Å². The van der Waals surface area contributed by atoms with Gasteiger partial charge >= 0.3 is 0 Å². The Morgan fingerprint density at radius 2 is 1.55 bits per heavy atom. The molecule has 3 aromatic rings. The van der Waals surface area contributed by atoms with Crippen molar-refractivity contribution in [3.63, 3.8) is 0 Å². The topological polar surface area (TPSA) is 104 Å². The van der Waals surface area contributed by atoms with Crippen LogP contribution in [0.3, 0.4) is 0 Å². The quantitative estimate of drug-likeness (QED) is 0.176. The predicted octanol–water partition coefficient (Wildman–Crippen LogP) is 7.51. The predicted molar refractivity (Wildman–Crippen MR) is 219 cm³/mol. The van der Waals surface area contributed by atoms with E-state index < -0.39 is 0 Å². The van der Waals surface area contributed by atoms with Gasteiger partial charge in [0.25, 0.3) is 0 Å². The van der Waals surface area contributed by atoms with Crippen LogP contribution >= 0.6 is 35.1 Å². The molecule has 3 heterocycles. The van der Waals surface area contributed by atoms with Crippen LogP contribution in [-0.4, -0.2) is 110 Å². The lowest BCUT2D eigenvalue weighted by Gasteiger charge is -2.34. The lowest BCUT2D eigenvalue weighted by atomic mass is 9.93. The number of benzene rings is 3. The molecule has 0 spiro atoms. The molecule has 6 rings (SSSR count). The number of nitrogens with zero attached hydrogens (tertiary/aromatic N) is 5. The van der Waals surface area contributed by atoms with E-state index in [0.717, 1.165) is 72.0 Å². The van der Waals surface area contributed by atoms with Gasteiger partial charge < -0.3 is 24.2 Å². The molecule has 290 valence electrons. The molecule has 0 aromatic heterocycles. The van der Waals surface area contributed by atoms with Crippen molar-refractivity contribution >= 4 is 53.3 Å². The molecule has 10 nitrogen and oxygen atoms in total. The van der Waals surface area contributed by atoms with Crippen LogP contribution < -0.4 is 9.88 Å². The normalized spacial score (nSPS) is 18.4. The van der Waals surface area contributed by atoms with Crippen LogP contribution in [0.5, 0.6) is 5.75 Å². The summed E-state index contributed by atoms with van der Waals surface area (Å²) in [6.07, 6.45) is 0.876. The number of rotatable bonds is 9. The number of ether oxygens (including phenoxy) is 2. The van der Waals surface area contributed by atoms with Crippen molar-refractivity contribution in [1.29, 1.82) is 0 Å². The van der Waals surface area contributed by atoms with Crippen LogP contribution in [0.4, 0.5) is 0 Å². The standard InChI is InChI=1S/C25H25Cl2N3OS.C11H19N3O3.2C2H6/c1-4-31-21-14-20(27)22(32-28)13-19(21)25-29-23(16-7-5-15(2)6-8-16)24(30(25)3)17-9-11-18(26)12-10-17;15-10-13-3-1-12(2-4-13)9-11(16)14-5-7-17-8-6-14;2*1-2/h5-14,23-24H,4,28H2,1-3H3;10H,1-9H2;2*1-2H3. The monoisotopic (exact) mass is 786 g/mol. The first kappa shape index (κ1) is 44.1. The molecule has 0 aliphatic carbocycles. The van der Waals surface area contributed by atoms with Gasteiger partial charge in [-0.2, -0.15) is 0 Å². The molecule has 3 aliphatic rings. The number of likely N-dealkylation sites (N-methyl/N-ethyl adjacent to an activating group) is 1. The number of amidine groups is 1. The van der Waals surface area contributed by atoms with Crippen molar-refractivity contribution in [1.82, 2.24) is 19.6 Å². The largest absolute Gasteiger partial charge is 0.493 e. The third-order valence-electron chi connectivity index (χ3n) is 8.92. The van der Waals surface area contributed by atoms with Crippen LogP contribution in [0.25, 0.3) is 0 Å². The number of amides is 2. The van der Waals surface area contributed by atoms with E-state index >= 15 is 0 Å². The van der Waals surface area contributed by atoms with Crippen LogP contribution in [0.2, 0.25) is 10.0 Å². The highest BCUT2D eigenvalue weighted by atomic mass is 35.5. The van der Waals surface area contributed by atoms with E-state index in [1.54, 1.807) is 4.90 Å². The van der Waals surface area contributed by atoms with Gasteiger partial charge in [-0.05, 0) is 55.1 Å². The minimum Gasteiger partial charge on any atom is -0.493 e. The molecule has 2 atom stereocenters. The molecular weight excluding hydrogens is 731 g/mol. The van der Waals surface area contributed by atoms with Gasteiger partial charge in [0.05, 0.1) is 43.0 Å². The highest BCUT2D eigenvalue weighted by Crippen LogP contribution is 2.44. The molecule has 0 radical (unpaired) electrons. The van der Waals surface area contributed by atoms with Gasteiger partial charge in [-0.15, -0.1) is 0 Å². The summed E-state index contributed by atoms with van der Waals surface area (Å²) in [5.41, 5.74) is 4.38. The number of piperazine rings is 1. The van der Waals surface area contributed by atoms with E-state index in [-0.39, 0.29) is 18.0 Å². The molecule has 13 heteroatoms. The van der Waals surface area contributed by atoms with Crippen molar-refractivity contribution in [2.75, 3.05) is 72.7 Å². The zero-order valence-corrected chi connectivity index (χ0v) is 34.5. The number of hydrogen-bond donors (Lipinski definition) is 1. The summed E-state index contributed by atoms with van der Waals surface area (Å²) < 4.78 is 11.1. The summed E-state index contributed by atoms with van der Waals surface area (Å²) in [6.45, 7) is 18.7. The van der Waals surface area contributed by atoms with E-state index in [4.69, 9.17) is 42.8 Å². The molecule has 2 amide bonds. The van der Waals surface area contributed by atoms with Crippen molar-refractivity contribution < 1.29 is 19.1 Å². The molecule has 53 heavy (non-hydrogen) atoms. The fourth-order valence-corrected chi connectivity index (χ4v) is 6.96. The second-order valence-corrected chi connectivity index (χ2v) is 13.7. The summed E-state index contributed by atoms with van der Waals surface area (Å²) >= 11 is 13.7. The van der Waals surface area contributed by atoms with Gasteiger partial charge in [0.1, 0.15) is 17.6 Å². The summed E-state index contributed by atoms with van der Waals surface area (Å²) in [5.74, 6) is 1.71. The van der Waals surface area contributed by atoms with E-state index in [1.807, 2.05) is 63.8 Å². The number of hydrogen-bond acceptors (Lipinski definition) is 9. The Balaban J connectivity index is 0.000000303. The lowest BCUT2D eigenvalue weighted by molar-refractivity contribution is -0.137. The molecule has 3 aromatic carbocycles. The Kier molecular flexibility index (Phi) is 19.0. The zero-order valence-electron chi connectivity index (χ0n) is 32.2. The molecule has 2 unspecified atom stereocenters. The van der Waals surface area contributed by atoms with Crippen LogP contribution in [-0.2, 0) is 14.3 Å². The number of carbonyl (C=O) groups excluding carboxylic acids is 2. The number of halogens is 2. The minimum atomic E-state index is -0.0871. The van der Waals surface area contributed by atoms with Crippen LogP contribution in [0.1, 0.15) is 69.0 Å². The van der Waals surface area contributed by atoms with E-state index in [0.29, 0.717) is 55.2 Å². The number of carbonyl (C=O) groups is 2. The SMILES string of the molecule is CC.CC.CCOc1cc(Cl)c(SN)cc1C1=NC(c2ccc(C)cc2)C(c2ccc(Cl)cc2)N1C.O=CN1CCN(CC(=O)N2CCOCC2)CC1. The summed E-state index contributed by atoms with van der Waals surface area (Å²) in [6, 6.07) is 20.2. The fourth-order valence-electron chi connectivity index (χ4n) is 6.19. The number of aliphatic imine (C=N–C) groups is 1. The second kappa shape index (κ2) is 22.8. The Labute approximate surface area is 330 Å². The Bertz CT molecular complexity index is 1600. The Morgan fingerprint density at radius 1 is 0.943 bits per heavy atom. The first-order valence-electron chi connectivity index (χ1n) is 18.5. The minimum absolute atomic E-state index is 0.00380. The number of nitrogens with two attached hydrogens (primary N) is 1. The molecule has 2 fully saturated rings. The lowest BCUT2D eigenvalue weighted by Crippen LogP contribution is -2.51. The fraction of sp³-hybridized carbons (Fsp3) is 0.475. The van der Waals surface area contributed by atoms with Gasteiger partial charge in [0.15, 0.2) is 0 Å². The maximum atomic E-state index is 12.0. The molecule has 0 bridgehead atoms.